The minimum atomic E-state index is -0.167. The fraction of sp³-hybridized carbons (Fsp3) is 0.130. The van der Waals surface area contributed by atoms with Crippen LogP contribution in [-0.4, -0.2) is 18.2 Å². The van der Waals surface area contributed by atoms with Crippen LogP contribution in [0.4, 0.5) is 11.4 Å². The van der Waals surface area contributed by atoms with E-state index in [2.05, 4.69) is 29.6 Å². The largest absolute Gasteiger partial charge is 0.397 e. The number of fused-ring (bicyclic) bond motifs is 1. The highest BCUT2D eigenvalue weighted by Gasteiger charge is 2.14. The second kappa shape index (κ2) is 7.46. The minimum Gasteiger partial charge on any atom is -0.397 e. The summed E-state index contributed by atoms with van der Waals surface area (Å²) in [6.07, 6.45) is 1.77. The summed E-state index contributed by atoms with van der Waals surface area (Å²) >= 11 is 0. The molecule has 1 heterocycles. The Labute approximate surface area is 158 Å². The van der Waals surface area contributed by atoms with Crippen molar-refractivity contribution >= 4 is 23.0 Å². The number of nitrogens with zero attached hydrogens (tertiary/aromatic N) is 1. The molecule has 3 N–H and O–H groups in total. The normalized spacial score (nSPS) is 12.8. The van der Waals surface area contributed by atoms with Gasteiger partial charge in [-0.1, -0.05) is 48.5 Å². The lowest BCUT2D eigenvalue weighted by Gasteiger charge is -2.17. The predicted molar refractivity (Wildman–Crippen MR) is 111 cm³/mol. The van der Waals surface area contributed by atoms with E-state index in [1.54, 1.807) is 12.1 Å². The van der Waals surface area contributed by atoms with Crippen LogP contribution in [0, 0.1) is 0 Å². The van der Waals surface area contributed by atoms with Gasteiger partial charge in [0.25, 0.3) is 5.91 Å². The third-order valence-corrected chi connectivity index (χ3v) is 4.81. The molecule has 0 saturated carbocycles. The molecule has 0 radical (unpaired) electrons. The number of nitrogens with two attached hydrogens (primary N) is 1. The molecule has 0 unspecified atom stereocenters. The molecule has 0 saturated heterocycles. The van der Waals surface area contributed by atoms with Crippen molar-refractivity contribution in [3.8, 4) is 0 Å². The SMILES string of the molecule is Nc1ccccc1NC(=O)c1ccc(CC2=NCCc3ccccc32)cc1. The van der Waals surface area contributed by atoms with Gasteiger partial charge in [-0.25, -0.2) is 0 Å². The molecule has 0 aromatic heterocycles. The monoisotopic (exact) mass is 355 g/mol. The van der Waals surface area contributed by atoms with Crippen molar-refractivity contribution in [2.75, 3.05) is 17.6 Å². The number of nitrogens with one attached hydrogen (secondary N) is 1. The summed E-state index contributed by atoms with van der Waals surface area (Å²) in [6.45, 7) is 0.839. The van der Waals surface area contributed by atoms with Gasteiger partial charge in [0.15, 0.2) is 0 Å². The number of rotatable bonds is 4. The number of para-hydroxylation sites is 2. The van der Waals surface area contributed by atoms with E-state index in [0.29, 0.717) is 16.9 Å². The molecule has 1 amide bonds. The number of carbonyl (C=O) groups is 1. The van der Waals surface area contributed by atoms with Crippen LogP contribution in [0.1, 0.15) is 27.0 Å². The van der Waals surface area contributed by atoms with Crippen LogP contribution in [0.15, 0.2) is 77.8 Å². The average molecular weight is 355 g/mol. The van der Waals surface area contributed by atoms with Gasteiger partial charge >= 0.3 is 0 Å². The third-order valence-electron chi connectivity index (χ3n) is 4.81. The number of anilines is 2. The summed E-state index contributed by atoms with van der Waals surface area (Å²) in [7, 11) is 0. The average Bonchev–Trinajstić information content (AvgIpc) is 2.70. The Morgan fingerprint density at radius 2 is 1.70 bits per heavy atom. The van der Waals surface area contributed by atoms with E-state index in [0.717, 1.165) is 30.7 Å². The van der Waals surface area contributed by atoms with Gasteiger partial charge in [-0.15, -0.1) is 0 Å². The van der Waals surface area contributed by atoms with E-state index in [1.807, 2.05) is 36.4 Å². The molecule has 4 nitrogen and oxygen atoms in total. The maximum atomic E-state index is 12.4. The summed E-state index contributed by atoms with van der Waals surface area (Å²) in [5.41, 5.74) is 12.5. The zero-order valence-electron chi connectivity index (χ0n) is 15.0. The summed E-state index contributed by atoms with van der Waals surface area (Å²) in [6, 6.07) is 23.4. The Morgan fingerprint density at radius 3 is 2.52 bits per heavy atom. The number of carbonyl (C=O) groups excluding carboxylic acids is 1. The molecular weight excluding hydrogens is 334 g/mol. The molecule has 1 aliphatic heterocycles. The third kappa shape index (κ3) is 3.75. The Hall–Kier alpha value is -3.40. The van der Waals surface area contributed by atoms with Gasteiger partial charge < -0.3 is 11.1 Å². The minimum absolute atomic E-state index is 0.167. The first-order valence-electron chi connectivity index (χ1n) is 9.07. The van der Waals surface area contributed by atoms with Crippen LogP contribution in [0.5, 0.6) is 0 Å². The van der Waals surface area contributed by atoms with E-state index >= 15 is 0 Å². The number of hydrogen-bond acceptors (Lipinski definition) is 3. The van der Waals surface area contributed by atoms with Crippen molar-refractivity contribution in [3.05, 3.63) is 95.1 Å². The molecule has 4 heteroatoms. The van der Waals surface area contributed by atoms with E-state index in [-0.39, 0.29) is 5.91 Å². The highest BCUT2D eigenvalue weighted by molar-refractivity contribution is 6.06. The molecule has 0 spiro atoms. The molecule has 0 atom stereocenters. The first-order chi connectivity index (χ1) is 13.2. The molecule has 0 aliphatic carbocycles. The molecule has 3 aromatic rings. The maximum absolute atomic E-state index is 12.4. The molecule has 4 rings (SSSR count). The Bertz CT molecular complexity index is 1010. The molecular formula is C23H21N3O. The first-order valence-corrected chi connectivity index (χ1v) is 9.07. The van der Waals surface area contributed by atoms with Gasteiger partial charge in [-0.2, -0.15) is 0 Å². The van der Waals surface area contributed by atoms with Gasteiger partial charge in [-0.05, 0) is 47.4 Å². The van der Waals surface area contributed by atoms with Crippen molar-refractivity contribution in [2.24, 2.45) is 4.99 Å². The molecule has 27 heavy (non-hydrogen) atoms. The first kappa shape index (κ1) is 17.0. The fourth-order valence-corrected chi connectivity index (χ4v) is 3.34. The van der Waals surface area contributed by atoms with Crippen molar-refractivity contribution < 1.29 is 4.79 Å². The molecule has 134 valence electrons. The van der Waals surface area contributed by atoms with Gasteiger partial charge in [0, 0.05) is 24.2 Å². The molecule has 0 fully saturated rings. The Morgan fingerprint density at radius 1 is 0.963 bits per heavy atom. The van der Waals surface area contributed by atoms with Crippen LogP contribution in [0.25, 0.3) is 0 Å². The zero-order valence-corrected chi connectivity index (χ0v) is 15.0. The van der Waals surface area contributed by atoms with Crippen LogP contribution in [0.2, 0.25) is 0 Å². The fourth-order valence-electron chi connectivity index (χ4n) is 3.34. The van der Waals surface area contributed by atoms with Crippen molar-refractivity contribution in [1.29, 1.82) is 0 Å². The second-order valence-electron chi connectivity index (χ2n) is 6.65. The lowest BCUT2D eigenvalue weighted by Crippen LogP contribution is -2.15. The van der Waals surface area contributed by atoms with Gasteiger partial charge in [0.1, 0.15) is 0 Å². The number of amides is 1. The smallest absolute Gasteiger partial charge is 0.255 e. The van der Waals surface area contributed by atoms with Crippen molar-refractivity contribution in [2.45, 2.75) is 12.8 Å². The van der Waals surface area contributed by atoms with Gasteiger partial charge in [-0.3, -0.25) is 9.79 Å². The predicted octanol–water partition coefficient (Wildman–Crippen LogP) is 4.11. The van der Waals surface area contributed by atoms with Crippen LogP contribution in [0.3, 0.4) is 0 Å². The van der Waals surface area contributed by atoms with Crippen LogP contribution < -0.4 is 11.1 Å². The maximum Gasteiger partial charge on any atom is 0.255 e. The number of nitrogen functional groups attached to an aromatic ring is 1. The van der Waals surface area contributed by atoms with Gasteiger partial charge in [0.05, 0.1) is 11.4 Å². The second-order valence-corrected chi connectivity index (χ2v) is 6.65. The number of aliphatic imine (C=N–C) groups is 1. The highest BCUT2D eigenvalue weighted by atomic mass is 16.1. The lowest BCUT2D eigenvalue weighted by atomic mass is 9.93. The van der Waals surface area contributed by atoms with Crippen LogP contribution in [-0.2, 0) is 12.8 Å². The highest BCUT2D eigenvalue weighted by Crippen LogP contribution is 2.20. The molecule has 3 aromatic carbocycles. The number of benzene rings is 3. The summed E-state index contributed by atoms with van der Waals surface area (Å²) < 4.78 is 0. The summed E-state index contributed by atoms with van der Waals surface area (Å²) in [4.78, 5) is 17.2. The summed E-state index contributed by atoms with van der Waals surface area (Å²) in [5.74, 6) is -0.167. The van der Waals surface area contributed by atoms with E-state index in [9.17, 15) is 4.79 Å². The number of hydrogen-bond donors (Lipinski definition) is 2. The van der Waals surface area contributed by atoms with E-state index in [4.69, 9.17) is 10.7 Å². The summed E-state index contributed by atoms with van der Waals surface area (Å²) in [5, 5.41) is 2.85. The quantitative estimate of drug-likeness (QED) is 0.692. The topological polar surface area (TPSA) is 67.5 Å². The molecule has 1 aliphatic rings. The van der Waals surface area contributed by atoms with E-state index < -0.39 is 0 Å². The lowest BCUT2D eigenvalue weighted by molar-refractivity contribution is 0.102. The Balaban J connectivity index is 1.47. The molecule has 0 bridgehead atoms. The van der Waals surface area contributed by atoms with Crippen LogP contribution >= 0.6 is 0 Å². The Kier molecular flexibility index (Phi) is 4.71. The van der Waals surface area contributed by atoms with Crippen molar-refractivity contribution in [3.63, 3.8) is 0 Å². The van der Waals surface area contributed by atoms with Crippen molar-refractivity contribution in [1.82, 2.24) is 0 Å². The standard InChI is InChI=1S/C23H21N3O/c24-20-7-3-4-8-21(20)26-23(27)18-11-9-16(10-12-18)15-22-19-6-2-1-5-17(19)13-14-25-22/h1-12H,13-15,24H2,(H,26,27). The van der Waals surface area contributed by atoms with E-state index in [1.165, 1.54) is 11.1 Å². The zero-order chi connectivity index (χ0) is 18.6. The van der Waals surface area contributed by atoms with Gasteiger partial charge in [0.2, 0.25) is 0 Å².